The molecule has 0 aromatic heterocycles. The minimum Gasteiger partial charge on any atom is -0.480 e. The molecule has 1 atom stereocenters. The zero-order valence-electron chi connectivity index (χ0n) is 13.9. The summed E-state index contributed by atoms with van der Waals surface area (Å²) in [6.07, 6.45) is 3.87. The second-order valence-corrected chi connectivity index (χ2v) is 6.48. The van der Waals surface area contributed by atoms with Gasteiger partial charge in [-0.15, -0.1) is 0 Å². The summed E-state index contributed by atoms with van der Waals surface area (Å²) in [6, 6.07) is 16.0. The molecule has 124 valence electrons. The largest absolute Gasteiger partial charge is 0.480 e. The van der Waals surface area contributed by atoms with Crippen molar-refractivity contribution in [2.24, 2.45) is 0 Å². The van der Waals surface area contributed by atoms with Gasteiger partial charge in [-0.25, -0.2) is 0 Å². The van der Waals surface area contributed by atoms with Gasteiger partial charge in [-0.2, -0.15) is 5.26 Å². The van der Waals surface area contributed by atoms with Crippen LogP contribution in [-0.4, -0.2) is 17.6 Å². The van der Waals surface area contributed by atoms with Crippen molar-refractivity contribution in [2.45, 2.75) is 50.7 Å². The molecule has 0 radical (unpaired) electrons. The number of hydrogen-bond donors (Lipinski definition) is 1. The molecule has 1 N–H and O–H groups in total. The van der Waals surface area contributed by atoms with Crippen LogP contribution in [0.5, 0.6) is 5.75 Å². The van der Waals surface area contributed by atoms with Crippen LogP contribution in [0.3, 0.4) is 0 Å². The number of carbonyl (C=O) groups is 1. The molecule has 1 amide bonds. The van der Waals surface area contributed by atoms with E-state index in [-0.39, 0.29) is 5.91 Å². The molecule has 4 heteroatoms. The third-order valence-electron chi connectivity index (χ3n) is 4.71. The molecule has 1 saturated carbocycles. The minimum atomic E-state index is -0.730. The van der Waals surface area contributed by atoms with Gasteiger partial charge in [0, 0.05) is 5.39 Å². The summed E-state index contributed by atoms with van der Waals surface area (Å²) in [7, 11) is 0. The van der Waals surface area contributed by atoms with Crippen molar-refractivity contribution in [1.82, 2.24) is 5.32 Å². The Bertz CT molecular complexity index is 767. The van der Waals surface area contributed by atoms with Gasteiger partial charge in [-0.3, -0.25) is 4.79 Å². The first-order chi connectivity index (χ1) is 11.6. The molecule has 2 aromatic carbocycles. The fraction of sp³-hybridized carbons (Fsp3) is 0.400. The molecule has 3 rings (SSSR count). The highest BCUT2D eigenvalue weighted by Crippen LogP contribution is 2.29. The lowest BCUT2D eigenvalue weighted by Gasteiger charge is -2.32. The number of benzene rings is 2. The Balaban J connectivity index is 1.73. The van der Waals surface area contributed by atoms with Gasteiger partial charge in [0.2, 0.25) is 0 Å². The van der Waals surface area contributed by atoms with Gasteiger partial charge in [0.05, 0.1) is 6.07 Å². The Morgan fingerprint density at radius 1 is 1.17 bits per heavy atom. The SMILES string of the molecule is CC(Oc1cccc2ccccc12)C(=O)NC1(C#N)CCCCC1. The van der Waals surface area contributed by atoms with Crippen molar-refractivity contribution in [3.63, 3.8) is 0 Å². The van der Waals surface area contributed by atoms with Crippen LogP contribution in [0, 0.1) is 11.3 Å². The van der Waals surface area contributed by atoms with E-state index < -0.39 is 11.6 Å². The number of nitrogens with zero attached hydrogens (tertiary/aromatic N) is 1. The molecular weight excluding hydrogens is 300 g/mol. The second-order valence-electron chi connectivity index (χ2n) is 6.48. The first-order valence-corrected chi connectivity index (χ1v) is 8.51. The quantitative estimate of drug-likeness (QED) is 0.927. The number of hydrogen-bond acceptors (Lipinski definition) is 3. The monoisotopic (exact) mass is 322 g/mol. The van der Waals surface area contributed by atoms with Crippen LogP contribution in [0.1, 0.15) is 39.0 Å². The fourth-order valence-corrected chi connectivity index (χ4v) is 3.30. The summed E-state index contributed by atoms with van der Waals surface area (Å²) < 4.78 is 5.90. The zero-order chi connectivity index (χ0) is 17.0. The first kappa shape index (κ1) is 16.3. The molecule has 1 unspecified atom stereocenters. The highest BCUT2D eigenvalue weighted by atomic mass is 16.5. The topological polar surface area (TPSA) is 62.1 Å². The lowest BCUT2D eigenvalue weighted by molar-refractivity contribution is -0.129. The summed E-state index contributed by atoms with van der Waals surface area (Å²) in [5.41, 5.74) is -0.730. The van der Waals surface area contributed by atoms with Gasteiger partial charge in [0.1, 0.15) is 11.3 Å². The molecule has 0 aliphatic heterocycles. The summed E-state index contributed by atoms with van der Waals surface area (Å²) in [5.74, 6) is 0.455. The maximum atomic E-state index is 12.5. The van der Waals surface area contributed by atoms with E-state index in [0.29, 0.717) is 5.75 Å². The van der Waals surface area contributed by atoms with E-state index in [1.807, 2.05) is 42.5 Å². The van der Waals surface area contributed by atoms with Crippen molar-refractivity contribution in [2.75, 3.05) is 0 Å². The highest BCUT2D eigenvalue weighted by molar-refractivity contribution is 5.89. The van der Waals surface area contributed by atoms with Crippen molar-refractivity contribution >= 4 is 16.7 Å². The predicted octanol–water partition coefficient (Wildman–Crippen LogP) is 3.95. The summed E-state index contributed by atoms with van der Waals surface area (Å²) in [4.78, 5) is 12.5. The maximum Gasteiger partial charge on any atom is 0.262 e. The summed E-state index contributed by atoms with van der Waals surface area (Å²) in [6.45, 7) is 1.73. The molecule has 1 fully saturated rings. The van der Waals surface area contributed by atoms with E-state index in [1.54, 1.807) is 6.92 Å². The normalized spacial score (nSPS) is 17.7. The fourth-order valence-electron chi connectivity index (χ4n) is 3.30. The van der Waals surface area contributed by atoms with Crippen LogP contribution in [0.15, 0.2) is 42.5 Å². The van der Waals surface area contributed by atoms with Crippen LogP contribution < -0.4 is 10.1 Å². The second kappa shape index (κ2) is 6.92. The number of nitriles is 1. The number of rotatable bonds is 4. The average Bonchev–Trinajstić information content (AvgIpc) is 2.62. The van der Waals surface area contributed by atoms with Gasteiger partial charge in [0.15, 0.2) is 6.10 Å². The van der Waals surface area contributed by atoms with Crippen molar-refractivity contribution < 1.29 is 9.53 Å². The molecule has 0 saturated heterocycles. The molecule has 0 heterocycles. The Morgan fingerprint density at radius 3 is 2.62 bits per heavy atom. The Kier molecular flexibility index (Phi) is 4.71. The van der Waals surface area contributed by atoms with E-state index >= 15 is 0 Å². The summed E-state index contributed by atoms with van der Waals surface area (Å²) in [5, 5.41) is 14.5. The first-order valence-electron chi connectivity index (χ1n) is 8.51. The number of amides is 1. The van der Waals surface area contributed by atoms with Crippen LogP contribution >= 0.6 is 0 Å². The standard InChI is InChI=1S/C20H22N2O2/c1-15(19(23)22-20(14-21)12-5-2-6-13-20)24-18-11-7-9-16-8-3-4-10-17(16)18/h3-4,7-11,15H,2,5-6,12-13H2,1H3,(H,22,23). The van der Waals surface area contributed by atoms with Crippen molar-refractivity contribution in [3.8, 4) is 11.8 Å². The van der Waals surface area contributed by atoms with Crippen molar-refractivity contribution in [3.05, 3.63) is 42.5 Å². The third-order valence-corrected chi connectivity index (χ3v) is 4.71. The molecule has 0 bridgehead atoms. The molecule has 24 heavy (non-hydrogen) atoms. The van der Waals surface area contributed by atoms with Crippen molar-refractivity contribution in [1.29, 1.82) is 5.26 Å². The predicted molar refractivity (Wildman–Crippen MR) is 93.6 cm³/mol. The highest BCUT2D eigenvalue weighted by Gasteiger charge is 2.35. The van der Waals surface area contributed by atoms with Gasteiger partial charge in [0.25, 0.3) is 5.91 Å². The Morgan fingerprint density at radius 2 is 1.88 bits per heavy atom. The van der Waals surface area contributed by atoms with E-state index in [2.05, 4.69) is 11.4 Å². The van der Waals surface area contributed by atoms with Crippen LogP contribution in [0.25, 0.3) is 10.8 Å². The Labute approximate surface area is 142 Å². The smallest absolute Gasteiger partial charge is 0.262 e. The third kappa shape index (κ3) is 3.35. The van der Waals surface area contributed by atoms with E-state index in [4.69, 9.17) is 4.74 Å². The van der Waals surface area contributed by atoms with E-state index in [1.165, 1.54) is 0 Å². The number of carbonyl (C=O) groups excluding carboxylic acids is 1. The molecule has 4 nitrogen and oxygen atoms in total. The molecule has 2 aromatic rings. The van der Waals surface area contributed by atoms with Gasteiger partial charge >= 0.3 is 0 Å². The van der Waals surface area contributed by atoms with Gasteiger partial charge < -0.3 is 10.1 Å². The average molecular weight is 322 g/mol. The van der Waals surface area contributed by atoms with Gasteiger partial charge in [-0.05, 0) is 31.2 Å². The van der Waals surface area contributed by atoms with Gasteiger partial charge in [-0.1, -0.05) is 55.7 Å². The lowest BCUT2D eigenvalue weighted by atomic mass is 9.83. The van der Waals surface area contributed by atoms with E-state index in [0.717, 1.165) is 42.9 Å². The maximum absolute atomic E-state index is 12.5. The van der Waals surface area contributed by atoms with Crippen LogP contribution in [-0.2, 0) is 4.79 Å². The Hall–Kier alpha value is -2.54. The van der Waals surface area contributed by atoms with E-state index in [9.17, 15) is 10.1 Å². The molecule has 1 aliphatic rings. The summed E-state index contributed by atoms with van der Waals surface area (Å²) >= 11 is 0. The number of nitrogens with one attached hydrogen (secondary N) is 1. The lowest BCUT2D eigenvalue weighted by Crippen LogP contribution is -2.52. The van der Waals surface area contributed by atoms with Crippen LogP contribution in [0.4, 0.5) is 0 Å². The number of ether oxygens (including phenoxy) is 1. The minimum absolute atomic E-state index is 0.230. The molecule has 0 spiro atoms. The van der Waals surface area contributed by atoms with Crippen LogP contribution in [0.2, 0.25) is 0 Å². The number of fused-ring (bicyclic) bond motifs is 1. The zero-order valence-corrected chi connectivity index (χ0v) is 13.9. The molecule has 1 aliphatic carbocycles. The molecular formula is C20H22N2O2.